The molecule has 1 amide bonds. The molecule has 1 aliphatic rings. The van der Waals surface area contributed by atoms with E-state index >= 15 is 0 Å². The fourth-order valence-electron chi connectivity index (χ4n) is 3.18. The number of benzene rings is 1. The number of amidine groups is 1. The molecule has 1 aliphatic carbocycles. The van der Waals surface area contributed by atoms with Crippen LogP contribution < -0.4 is 22.1 Å². The van der Waals surface area contributed by atoms with Gasteiger partial charge in [0.05, 0.1) is 17.6 Å². The lowest BCUT2D eigenvalue weighted by atomic mass is 9.87. The van der Waals surface area contributed by atoms with Crippen LogP contribution in [-0.2, 0) is 11.0 Å². The molecule has 8 nitrogen and oxygen atoms in total. The van der Waals surface area contributed by atoms with Gasteiger partial charge in [-0.2, -0.15) is 18.2 Å². The van der Waals surface area contributed by atoms with E-state index in [4.69, 9.17) is 16.9 Å². The highest BCUT2D eigenvalue weighted by Crippen LogP contribution is 2.35. The molecule has 0 bridgehead atoms. The van der Waals surface area contributed by atoms with Crippen LogP contribution in [0, 0.1) is 5.41 Å². The quantitative estimate of drug-likeness (QED) is 0.268. The van der Waals surface area contributed by atoms with Crippen molar-refractivity contribution in [3.05, 3.63) is 29.8 Å². The number of anilines is 1. The molecule has 0 unspecified atom stereocenters. The van der Waals surface area contributed by atoms with E-state index < -0.39 is 53.2 Å². The molecule has 13 heteroatoms. The fraction of sp³-hybridized carbons (Fsp3) is 0.444. The highest BCUT2D eigenvalue weighted by Gasteiger charge is 2.46. The molecule has 2 rings (SSSR count). The molecule has 1 aromatic carbocycles. The molecule has 0 radical (unpaired) electrons. The molecular weight excluding hydrogens is 425 g/mol. The number of hydrogen-bond donors (Lipinski definition) is 5. The number of nitrogens with zero attached hydrogens (tertiary/aromatic N) is 2. The van der Waals surface area contributed by atoms with Crippen molar-refractivity contribution in [2.24, 2.45) is 21.5 Å². The van der Waals surface area contributed by atoms with Crippen LogP contribution in [0.1, 0.15) is 24.8 Å². The standard InChI is InChI=1S/C18H22F5N7O/c1-27-13-11(6-3-7-17(13,19)20)29-16(26)30-15(12(24)14(25)31)28-10-5-2-4-9(8-10)18(21,22)23/h2,4-5,8,11,13,24,27H,3,6-7H2,1H3,(H2,25,31)(H3,26,28,29,30)/t11-,13-/m1/s1. The van der Waals surface area contributed by atoms with Crippen molar-refractivity contribution < 1.29 is 26.7 Å². The lowest BCUT2D eigenvalue weighted by Crippen LogP contribution is -2.53. The Morgan fingerprint density at radius 3 is 2.55 bits per heavy atom. The second-order valence-electron chi connectivity index (χ2n) is 6.88. The zero-order chi connectivity index (χ0) is 23.4. The zero-order valence-electron chi connectivity index (χ0n) is 16.4. The summed E-state index contributed by atoms with van der Waals surface area (Å²) >= 11 is 0. The van der Waals surface area contributed by atoms with Crippen LogP contribution in [0.5, 0.6) is 0 Å². The van der Waals surface area contributed by atoms with Crippen LogP contribution in [0.25, 0.3) is 0 Å². The number of carbonyl (C=O) groups is 1. The third-order valence-corrected chi connectivity index (χ3v) is 4.62. The Bertz CT molecular complexity index is 898. The van der Waals surface area contributed by atoms with Crippen molar-refractivity contribution in [2.75, 3.05) is 12.4 Å². The first-order valence-electron chi connectivity index (χ1n) is 9.15. The summed E-state index contributed by atoms with van der Waals surface area (Å²) < 4.78 is 66.9. The number of rotatable bonds is 5. The van der Waals surface area contributed by atoms with Crippen LogP contribution in [-0.4, -0.2) is 48.5 Å². The van der Waals surface area contributed by atoms with Crippen LogP contribution >= 0.6 is 0 Å². The second kappa shape index (κ2) is 9.37. The van der Waals surface area contributed by atoms with Crippen molar-refractivity contribution in [3.63, 3.8) is 0 Å². The molecule has 0 heterocycles. The SMILES string of the molecule is CN[C@@H]1[C@H](N=C(N)N=C(Nc2cccc(C(F)(F)F)c2)C(=N)C(N)=O)CCCC1(F)F. The number of likely N-dealkylation sites (N-methyl/N-ethyl adjacent to an activating group) is 1. The molecule has 0 aromatic heterocycles. The van der Waals surface area contributed by atoms with E-state index in [0.717, 1.165) is 18.2 Å². The number of amides is 1. The molecule has 7 N–H and O–H groups in total. The number of halogens is 5. The van der Waals surface area contributed by atoms with Gasteiger partial charge in [-0.1, -0.05) is 6.07 Å². The summed E-state index contributed by atoms with van der Waals surface area (Å²) in [6.07, 6.45) is -4.45. The van der Waals surface area contributed by atoms with Gasteiger partial charge in [-0.15, -0.1) is 0 Å². The average Bonchev–Trinajstić information content (AvgIpc) is 2.66. The number of primary amides is 1. The summed E-state index contributed by atoms with van der Waals surface area (Å²) in [7, 11) is 1.36. The van der Waals surface area contributed by atoms with Crippen LogP contribution in [0.3, 0.4) is 0 Å². The van der Waals surface area contributed by atoms with Crippen molar-refractivity contribution in [3.8, 4) is 0 Å². The van der Waals surface area contributed by atoms with Gasteiger partial charge in [0, 0.05) is 12.1 Å². The maximum Gasteiger partial charge on any atom is 0.416 e. The van der Waals surface area contributed by atoms with Gasteiger partial charge in [-0.25, -0.2) is 13.8 Å². The molecule has 1 saturated carbocycles. The highest BCUT2D eigenvalue weighted by molar-refractivity contribution is 6.67. The molecule has 1 aromatic rings. The maximum atomic E-state index is 14.1. The minimum absolute atomic E-state index is 0.148. The number of hydrogen-bond acceptors (Lipinski definition) is 4. The van der Waals surface area contributed by atoms with Gasteiger partial charge < -0.3 is 22.1 Å². The third-order valence-electron chi connectivity index (χ3n) is 4.62. The zero-order valence-corrected chi connectivity index (χ0v) is 16.4. The summed E-state index contributed by atoms with van der Waals surface area (Å²) in [6, 6.07) is 1.68. The van der Waals surface area contributed by atoms with E-state index in [9.17, 15) is 26.7 Å². The van der Waals surface area contributed by atoms with Crippen molar-refractivity contribution in [1.29, 1.82) is 5.41 Å². The van der Waals surface area contributed by atoms with Crippen LogP contribution in [0.2, 0.25) is 0 Å². The van der Waals surface area contributed by atoms with Crippen molar-refractivity contribution >= 4 is 29.1 Å². The van der Waals surface area contributed by atoms with E-state index in [1.165, 1.54) is 13.1 Å². The number of aliphatic imine (C=N–C) groups is 2. The predicted octanol–water partition coefficient (Wildman–Crippen LogP) is 2.11. The minimum Gasteiger partial charge on any atom is -0.368 e. The smallest absolute Gasteiger partial charge is 0.368 e. The Morgan fingerprint density at radius 2 is 1.97 bits per heavy atom. The Labute approximate surface area is 174 Å². The fourth-order valence-corrected chi connectivity index (χ4v) is 3.18. The highest BCUT2D eigenvalue weighted by atomic mass is 19.4. The lowest BCUT2D eigenvalue weighted by Gasteiger charge is -2.35. The van der Waals surface area contributed by atoms with Crippen molar-refractivity contribution in [2.45, 2.75) is 43.4 Å². The number of nitrogens with two attached hydrogens (primary N) is 2. The van der Waals surface area contributed by atoms with Crippen molar-refractivity contribution in [1.82, 2.24) is 5.32 Å². The molecular formula is C18H22F5N7O. The van der Waals surface area contributed by atoms with Gasteiger partial charge in [0.15, 0.2) is 11.5 Å². The summed E-state index contributed by atoms with van der Waals surface area (Å²) in [5, 5.41) is 12.6. The maximum absolute atomic E-state index is 14.1. The number of guanidine groups is 1. The monoisotopic (exact) mass is 447 g/mol. The number of alkyl halides is 5. The summed E-state index contributed by atoms with van der Waals surface area (Å²) in [4.78, 5) is 19.1. The van der Waals surface area contributed by atoms with Gasteiger partial charge in [0.1, 0.15) is 0 Å². The summed E-state index contributed by atoms with van der Waals surface area (Å²) in [6.45, 7) is 0. The number of nitrogens with one attached hydrogen (secondary N) is 3. The van der Waals surface area contributed by atoms with E-state index in [0.29, 0.717) is 6.42 Å². The average molecular weight is 447 g/mol. The van der Waals surface area contributed by atoms with E-state index in [2.05, 4.69) is 20.6 Å². The van der Waals surface area contributed by atoms with Gasteiger partial charge in [-0.3, -0.25) is 10.2 Å². The first-order valence-corrected chi connectivity index (χ1v) is 9.15. The molecule has 31 heavy (non-hydrogen) atoms. The molecule has 170 valence electrons. The van der Waals surface area contributed by atoms with Gasteiger partial charge >= 0.3 is 6.18 Å². The summed E-state index contributed by atoms with van der Waals surface area (Å²) in [5.74, 6) is -5.37. The molecule has 0 spiro atoms. The first-order chi connectivity index (χ1) is 14.3. The molecule has 0 saturated heterocycles. The third kappa shape index (κ3) is 6.20. The Hall–Kier alpha value is -3.09. The lowest BCUT2D eigenvalue weighted by molar-refractivity contribution is -0.137. The second-order valence-corrected chi connectivity index (χ2v) is 6.88. The Kier molecular flexibility index (Phi) is 7.31. The molecule has 0 aliphatic heterocycles. The number of carbonyl (C=O) groups excluding carboxylic acids is 1. The van der Waals surface area contributed by atoms with E-state index in [-0.39, 0.29) is 18.5 Å². The van der Waals surface area contributed by atoms with E-state index in [1.54, 1.807) is 0 Å². The van der Waals surface area contributed by atoms with Crippen LogP contribution in [0.15, 0.2) is 34.3 Å². The molecule has 1 fully saturated rings. The minimum atomic E-state index is -4.62. The van der Waals surface area contributed by atoms with Gasteiger partial charge in [-0.05, 0) is 38.1 Å². The topological polar surface area (TPSA) is 142 Å². The largest absolute Gasteiger partial charge is 0.416 e. The Morgan fingerprint density at radius 1 is 1.29 bits per heavy atom. The Balaban J connectivity index is 2.36. The normalized spacial score (nSPS) is 22.1. The van der Waals surface area contributed by atoms with Gasteiger partial charge in [0.2, 0.25) is 5.96 Å². The predicted molar refractivity (Wildman–Crippen MR) is 106 cm³/mol. The first kappa shape index (κ1) is 24.2. The van der Waals surface area contributed by atoms with Crippen LogP contribution in [0.4, 0.5) is 27.6 Å². The van der Waals surface area contributed by atoms with Gasteiger partial charge in [0.25, 0.3) is 11.8 Å². The summed E-state index contributed by atoms with van der Waals surface area (Å²) in [5.41, 5.74) is 8.79. The van der Waals surface area contributed by atoms with E-state index in [1.807, 2.05) is 0 Å². The molecule has 2 atom stereocenters.